The zero-order valence-electron chi connectivity index (χ0n) is 14.0. The molecule has 2 aromatic rings. The average Bonchev–Trinajstić information content (AvgIpc) is 2.92. The van der Waals surface area contributed by atoms with Gasteiger partial charge >= 0.3 is 6.03 Å². The van der Waals surface area contributed by atoms with Gasteiger partial charge in [-0.2, -0.15) is 4.68 Å². The Labute approximate surface area is 144 Å². The molecule has 0 unspecified atom stereocenters. The fraction of sp³-hybridized carbons (Fsp3) is 0.400. The van der Waals surface area contributed by atoms with Gasteiger partial charge in [0.25, 0.3) is 0 Å². The summed E-state index contributed by atoms with van der Waals surface area (Å²) in [6.45, 7) is 7.58. The van der Waals surface area contributed by atoms with Gasteiger partial charge in [0.2, 0.25) is 11.1 Å². The minimum Gasteiger partial charge on any atom is -0.336 e. The number of hydrogen-bond donors (Lipinski definition) is 2. The Kier molecular flexibility index (Phi) is 5.91. The van der Waals surface area contributed by atoms with Crippen LogP contribution in [-0.4, -0.2) is 43.9 Å². The minimum absolute atomic E-state index is 0.0385. The number of amides is 3. The number of nitrogens with zero attached hydrogens (tertiary/aromatic N) is 4. The highest BCUT2D eigenvalue weighted by molar-refractivity contribution is 7.99. The van der Waals surface area contributed by atoms with Crippen molar-refractivity contribution in [1.29, 1.82) is 0 Å². The first-order valence-electron chi connectivity index (χ1n) is 7.46. The van der Waals surface area contributed by atoms with Crippen LogP contribution >= 0.6 is 11.8 Å². The first-order chi connectivity index (χ1) is 11.4. The van der Waals surface area contributed by atoms with E-state index in [2.05, 4.69) is 26.2 Å². The summed E-state index contributed by atoms with van der Waals surface area (Å²) < 4.78 is 1.61. The third-order valence-electron chi connectivity index (χ3n) is 3.10. The maximum absolute atomic E-state index is 11.8. The van der Waals surface area contributed by atoms with Crippen LogP contribution in [0.5, 0.6) is 0 Å². The van der Waals surface area contributed by atoms with Crippen LogP contribution in [0.15, 0.2) is 23.4 Å². The second-order valence-electron chi connectivity index (χ2n) is 5.58. The van der Waals surface area contributed by atoms with E-state index in [1.165, 1.54) is 11.8 Å². The number of urea groups is 1. The number of para-hydroxylation sites is 1. The number of aromatic nitrogens is 4. The predicted molar refractivity (Wildman–Crippen MR) is 91.2 cm³/mol. The van der Waals surface area contributed by atoms with E-state index in [4.69, 9.17) is 0 Å². The first-order valence-corrected chi connectivity index (χ1v) is 8.45. The number of benzene rings is 1. The lowest BCUT2D eigenvalue weighted by Gasteiger charge is -2.11. The summed E-state index contributed by atoms with van der Waals surface area (Å²) in [6, 6.07) is 5.36. The first kappa shape index (κ1) is 17.9. The number of carbonyl (C=O) groups excluding carboxylic acids is 2. The van der Waals surface area contributed by atoms with Gasteiger partial charge in [-0.3, -0.25) is 10.1 Å². The Hall–Kier alpha value is -2.42. The topological polar surface area (TPSA) is 102 Å². The number of nitrogens with one attached hydrogen (secondary N) is 2. The second kappa shape index (κ2) is 7.91. The van der Waals surface area contributed by atoms with Crippen molar-refractivity contribution < 1.29 is 9.59 Å². The highest BCUT2D eigenvalue weighted by Crippen LogP contribution is 2.23. The number of hydrogen-bond acceptors (Lipinski definition) is 6. The summed E-state index contributed by atoms with van der Waals surface area (Å²) in [5.41, 5.74) is 2.96. The van der Waals surface area contributed by atoms with Crippen LogP contribution in [0.4, 0.5) is 4.79 Å². The molecule has 2 N–H and O–H groups in total. The van der Waals surface area contributed by atoms with Crippen molar-refractivity contribution in [3.63, 3.8) is 0 Å². The summed E-state index contributed by atoms with van der Waals surface area (Å²) in [6.07, 6.45) is 0. The lowest BCUT2D eigenvalue weighted by molar-refractivity contribution is -0.117. The van der Waals surface area contributed by atoms with Crippen LogP contribution in [0.3, 0.4) is 0 Å². The molecule has 0 radical (unpaired) electrons. The zero-order valence-corrected chi connectivity index (χ0v) is 14.8. The monoisotopic (exact) mass is 348 g/mol. The van der Waals surface area contributed by atoms with E-state index in [0.717, 1.165) is 16.8 Å². The number of thioether (sulfide) groups is 1. The summed E-state index contributed by atoms with van der Waals surface area (Å²) >= 11 is 1.17. The number of carbonyl (C=O) groups is 2. The van der Waals surface area contributed by atoms with Crippen LogP contribution in [0, 0.1) is 13.8 Å². The molecule has 0 atom stereocenters. The zero-order chi connectivity index (χ0) is 17.7. The van der Waals surface area contributed by atoms with E-state index in [1.807, 2.05) is 45.9 Å². The summed E-state index contributed by atoms with van der Waals surface area (Å²) in [5, 5.41) is 17.0. The van der Waals surface area contributed by atoms with Crippen molar-refractivity contribution in [2.75, 3.05) is 5.75 Å². The maximum Gasteiger partial charge on any atom is 0.321 e. The van der Waals surface area contributed by atoms with E-state index in [9.17, 15) is 9.59 Å². The molecule has 9 heteroatoms. The van der Waals surface area contributed by atoms with E-state index >= 15 is 0 Å². The maximum atomic E-state index is 11.8. The molecule has 2 rings (SSSR count). The molecule has 0 saturated carbocycles. The molecule has 0 spiro atoms. The Morgan fingerprint density at radius 1 is 1.25 bits per heavy atom. The standard InChI is InChI=1S/C15H20N6O2S/c1-9(2)16-14(23)17-12(22)8-24-15-18-19-20-21(15)13-10(3)6-5-7-11(13)4/h5-7,9H,8H2,1-4H3,(H2,16,17,22,23). The van der Waals surface area contributed by atoms with Crippen molar-refractivity contribution in [3.8, 4) is 5.69 Å². The summed E-state index contributed by atoms with van der Waals surface area (Å²) in [4.78, 5) is 23.3. The van der Waals surface area contributed by atoms with Crippen LogP contribution in [0.1, 0.15) is 25.0 Å². The molecular formula is C15H20N6O2S. The Balaban J connectivity index is 2.04. The largest absolute Gasteiger partial charge is 0.336 e. The van der Waals surface area contributed by atoms with Crippen LogP contribution in [-0.2, 0) is 4.79 Å². The van der Waals surface area contributed by atoms with Crippen molar-refractivity contribution in [3.05, 3.63) is 29.3 Å². The highest BCUT2D eigenvalue weighted by Gasteiger charge is 2.15. The van der Waals surface area contributed by atoms with E-state index in [0.29, 0.717) is 5.16 Å². The second-order valence-corrected chi connectivity index (χ2v) is 6.52. The van der Waals surface area contributed by atoms with E-state index < -0.39 is 11.9 Å². The van der Waals surface area contributed by atoms with Crippen molar-refractivity contribution in [2.24, 2.45) is 0 Å². The molecule has 0 aliphatic rings. The van der Waals surface area contributed by atoms with Gasteiger partial charge in [-0.25, -0.2) is 4.79 Å². The molecule has 128 valence electrons. The van der Waals surface area contributed by atoms with Gasteiger partial charge in [-0.15, -0.1) is 5.10 Å². The van der Waals surface area contributed by atoms with Gasteiger partial charge in [0.05, 0.1) is 11.4 Å². The van der Waals surface area contributed by atoms with Crippen molar-refractivity contribution in [2.45, 2.75) is 38.9 Å². The molecule has 24 heavy (non-hydrogen) atoms. The molecule has 0 bridgehead atoms. The lowest BCUT2D eigenvalue weighted by atomic mass is 10.1. The fourth-order valence-corrected chi connectivity index (χ4v) is 2.82. The van der Waals surface area contributed by atoms with Gasteiger partial charge in [-0.05, 0) is 49.2 Å². The van der Waals surface area contributed by atoms with E-state index in [-0.39, 0.29) is 11.8 Å². The van der Waals surface area contributed by atoms with Gasteiger partial charge in [0, 0.05) is 6.04 Å². The number of rotatable bonds is 5. The SMILES string of the molecule is Cc1cccc(C)c1-n1nnnc1SCC(=O)NC(=O)NC(C)C. The number of imide groups is 1. The molecule has 3 amide bonds. The van der Waals surface area contributed by atoms with E-state index in [1.54, 1.807) is 4.68 Å². The smallest absolute Gasteiger partial charge is 0.321 e. The average molecular weight is 348 g/mol. The van der Waals surface area contributed by atoms with Gasteiger partial charge in [-0.1, -0.05) is 30.0 Å². The predicted octanol–water partition coefficient (Wildman–Crippen LogP) is 1.61. The molecule has 8 nitrogen and oxygen atoms in total. The molecule has 1 aromatic heterocycles. The minimum atomic E-state index is -0.509. The quantitative estimate of drug-likeness (QED) is 0.796. The fourth-order valence-electron chi connectivity index (χ4n) is 2.14. The normalized spacial score (nSPS) is 10.7. The van der Waals surface area contributed by atoms with Crippen molar-refractivity contribution in [1.82, 2.24) is 30.8 Å². The van der Waals surface area contributed by atoms with Crippen LogP contribution in [0.25, 0.3) is 5.69 Å². The number of aryl methyl sites for hydroxylation is 2. The molecule has 1 aromatic carbocycles. The molecular weight excluding hydrogens is 328 g/mol. The van der Waals surface area contributed by atoms with Crippen LogP contribution in [0.2, 0.25) is 0 Å². The summed E-state index contributed by atoms with van der Waals surface area (Å²) in [7, 11) is 0. The third-order valence-corrected chi connectivity index (χ3v) is 4.02. The Morgan fingerprint density at radius 3 is 2.54 bits per heavy atom. The number of tetrazole rings is 1. The molecule has 0 aliphatic heterocycles. The molecule has 0 aliphatic carbocycles. The van der Waals surface area contributed by atoms with Crippen molar-refractivity contribution >= 4 is 23.7 Å². The third kappa shape index (κ3) is 4.54. The molecule has 0 fully saturated rings. The van der Waals surface area contributed by atoms with Gasteiger partial charge in [0.1, 0.15) is 0 Å². The van der Waals surface area contributed by atoms with Gasteiger partial charge < -0.3 is 5.32 Å². The van der Waals surface area contributed by atoms with Gasteiger partial charge in [0.15, 0.2) is 0 Å². The molecule has 0 saturated heterocycles. The van der Waals surface area contributed by atoms with Crippen LogP contribution < -0.4 is 10.6 Å². The Bertz CT molecular complexity index is 723. The summed E-state index contributed by atoms with van der Waals surface area (Å²) in [5.74, 6) is -0.370. The highest BCUT2D eigenvalue weighted by atomic mass is 32.2. The lowest BCUT2D eigenvalue weighted by Crippen LogP contribution is -2.43. The molecule has 1 heterocycles. The Morgan fingerprint density at radius 2 is 1.92 bits per heavy atom.